The van der Waals surface area contributed by atoms with Crippen LogP contribution in [0.1, 0.15) is 29.6 Å². The summed E-state index contributed by atoms with van der Waals surface area (Å²) in [7, 11) is 1.64. The van der Waals surface area contributed by atoms with Gasteiger partial charge in [0.2, 0.25) is 0 Å². The first-order chi connectivity index (χ1) is 9.50. The minimum atomic E-state index is -1.48. The molecule has 110 valence electrons. The van der Waals surface area contributed by atoms with Gasteiger partial charge in [-0.3, -0.25) is 0 Å². The second-order valence-corrected chi connectivity index (χ2v) is 4.93. The van der Waals surface area contributed by atoms with Crippen LogP contribution in [0.3, 0.4) is 0 Å². The number of carbonyl (C=O) groups is 1. The fourth-order valence-electron chi connectivity index (χ4n) is 2.35. The first kappa shape index (κ1) is 14.7. The van der Waals surface area contributed by atoms with E-state index in [0.29, 0.717) is 13.2 Å². The first-order valence-corrected chi connectivity index (χ1v) is 6.54. The Morgan fingerprint density at radius 1 is 1.40 bits per heavy atom. The van der Waals surface area contributed by atoms with Crippen molar-refractivity contribution >= 4 is 11.7 Å². The number of carboxylic acid groups (broad SMARTS) is 1. The third kappa shape index (κ3) is 3.07. The van der Waals surface area contributed by atoms with Crippen molar-refractivity contribution in [3.05, 3.63) is 29.3 Å². The van der Waals surface area contributed by atoms with Crippen molar-refractivity contribution in [2.75, 3.05) is 25.1 Å². The molecule has 1 heterocycles. The van der Waals surface area contributed by atoms with E-state index in [0.717, 1.165) is 25.3 Å². The summed E-state index contributed by atoms with van der Waals surface area (Å²) in [5, 5.41) is 8.74. The summed E-state index contributed by atoms with van der Waals surface area (Å²) in [6, 6.07) is 2.36. The molecule has 0 bridgehead atoms. The van der Waals surface area contributed by atoms with E-state index >= 15 is 0 Å². The fraction of sp³-hybridized carbons (Fsp3) is 0.500. The number of ether oxygens (including phenoxy) is 1. The number of halogens is 2. The van der Waals surface area contributed by atoms with E-state index in [-0.39, 0.29) is 11.8 Å². The predicted octanol–water partition coefficient (Wildman–Crippen LogP) is 2.67. The summed E-state index contributed by atoms with van der Waals surface area (Å²) in [5.41, 5.74) is -0.616. The fourth-order valence-corrected chi connectivity index (χ4v) is 2.35. The van der Waals surface area contributed by atoms with Crippen LogP contribution in [-0.4, -0.2) is 37.4 Å². The van der Waals surface area contributed by atoms with Gasteiger partial charge in [0.05, 0.1) is 17.4 Å². The van der Waals surface area contributed by atoms with Crippen LogP contribution < -0.4 is 4.90 Å². The van der Waals surface area contributed by atoms with Crippen LogP contribution in [0.5, 0.6) is 0 Å². The average Bonchev–Trinajstić information content (AvgIpc) is 2.42. The molecule has 0 aromatic heterocycles. The monoisotopic (exact) mass is 285 g/mol. The molecular weight excluding hydrogens is 268 g/mol. The number of aromatic carboxylic acids is 1. The van der Waals surface area contributed by atoms with Gasteiger partial charge in [0.1, 0.15) is 0 Å². The highest BCUT2D eigenvalue weighted by Crippen LogP contribution is 2.25. The Kier molecular flexibility index (Phi) is 4.54. The van der Waals surface area contributed by atoms with E-state index in [4.69, 9.17) is 9.84 Å². The molecule has 0 spiro atoms. The van der Waals surface area contributed by atoms with Gasteiger partial charge in [-0.15, -0.1) is 0 Å². The number of benzene rings is 1. The number of likely N-dealkylation sites (N-methyl/N-ethyl adjacent to an activating group) is 1. The molecule has 1 aliphatic rings. The Hall–Kier alpha value is -1.69. The Labute approximate surface area is 116 Å². The van der Waals surface area contributed by atoms with Crippen LogP contribution in [0.25, 0.3) is 0 Å². The van der Waals surface area contributed by atoms with Crippen molar-refractivity contribution in [1.29, 1.82) is 0 Å². The van der Waals surface area contributed by atoms with Gasteiger partial charge >= 0.3 is 5.97 Å². The van der Waals surface area contributed by atoms with Crippen LogP contribution in [0, 0.1) is 11.6 Å². The van der Waals surface area contributed by atoms with Crippen molar-refractivity contribution in [3.63, 3.8) is 0 Å². The first-order valence-electron chi connectivity index (χ1n) is 6.54. The van der Waals surface area contributed by atoms with E-state index < -0.39 is 23.2 Å². The summed E-state index contributed by atoms with van der Waals surface area (Å²) in [6.07, 6.45) is 2.97. The standard InChI is InChI=1S/C14H17F2NO3/c1-17(8-9-4-2-3-7-20-9)11-6-5-10(14(18)19)12(15)13(11)16/h5-6,9H,2-4,7-8H2,1H3,(H,18,19). The van der Waals surface area contributed by atoms with Gasteiger partial charge < -0.3 is 14.7 Å². The molecule has 2 rings (SSSR count). The molecule has 1 aromatic carbocycles. The molecule has 1 saturated heterocycles. The lowest BCUT2D eigenvalue weighted by Gasteiger charge is -2.29. The molecule has 4 nitrogen and oxygen atoms in total. The maximum atomic E-state index is 13.9. The molecule has 0 radical (unpaired) electrons. The Morgan fingerprint density at radius 2 is 2.15 bits per heavy atom. The van der Waals surface area contributed by atoms with Gasteiger partial charge in [-0.1, -0.05) is 0 Å². The minimum absolute atomic E-state index is 0.00429. The normalized spacial score (nSPS) is 18.9. The number of rotatable bonds is 4. The minimum Gasteiger partial charge on any atom is -0.478 e. The molecule has 0 aliphatic carbocycles. The number of hydrogen-bond acceptors (Lipinski definition) is 3. The highest BCUT2D eigenvalue weighted by Gasteiger charge is 2.22. The van der Waals surface area contributed by atoms with E-state index in [2.05, 4.69) is 0 Å². The number of hydrogen-bond donors (Lipinski definition) is 1. The molecular formula is C14H17F2NO3. The van der Waals surface area contributed by atoms with E-state index in [1.54, 1.807) is 11.9 Å². The highest BCUT2D eigenvalue weighted by molar-refractivity contribution is 5.88. The van der Waals surface area contributed by atoms with Crippen molar-refractivity contribution < 1.29 is 23.4 Å². The van der Waals surface area contributed by atoms with Crippen molar-refractivity contribution in [2.24, 2.45) is 0 Å². The maximum absolute atomic E-state index is 13.9. The lowest BCUT2D eigenvalue weighted by molar-refractivity contribution is 0.0215. The summed E-state index contributed by atoms with van der Waals surface area (Å²) in [4.78, 5) is 12.3. The third-order valence-corrected chi connectivity index (χ3v) is 3.46. The Morgan fingerprint density at radius 3 is 2.75 bits per heavy atom. The second-order valence-electron chi connectivity index (χ2n) is 4.93. The lowest BCUT2D eigenvalue weighted by Crippen LogP contribution is -2.34. The van der Waals surface area contributed by atoms with Gasteiger partial charge in [-0.05, 0) is 31.4 Å². The topological polar surface area (TPSA) is 49.8 Å². The van der Waals surface area contributed by atoms with E-state index in [1.807, 2.05) is 0 Å². The van der Waals surface area contributed by atoms with Crippen molar-refractivity contribution in [3.8, 4) is 0 Å². The molecule has 6 heteroatoms. The predicted molar refractivity (Wildman–Crippen MR) is 70.2 cm³/mol. The zero-order chi connectivity index (χ0) is 14.7. The molecule has 1 aliphatic heterocycles. The lowest BCUT2D eigenvalue weighted by atomic mass is 10.1. The van der Waals surface area contributed by atoms with E-state index in [1.165, 1.54) is 6.07 Å². The maximum Gasteiger partial charge on any atom is 0.338 e. The average molecular weight is 285 g/mol. The molecule has 1 fully saturated rings. The molecule has 0 saturated carbocycles. The number of nitrogens with zero attached hydrogens (tertiary/aromatic N) is 1. The Bertz CT molecular complexity index is 501. The number of carboxylic acids is 1. The molecule has 1 unspecified atom stereocenters. The van der Waals surface area contributed by atoms with Crippen molar-refractivity contribution in [1.82, 2.24) is 0 Å². The highest BCUT2D eigenvalue weighted by atomic mass is 19.2. The largest absolute Gasteiger partial charge is 0.478 e. The molecule has 20 heavy (non-hydrogen) atoms. The summed E-state index contributed by atoms with van der Waals surface area (Å²) >= 11 is 0. The van der Waals surface area contributed by atoms with Crippen LogP contribution in [0.15, 0.2) is 12.1 Å². The Balaban J connectivity index is 2.15. The SMILES string of the molecule is CN(CC1CCCCO1)c1ccc(C(=O)O)c(F)c1F. The van der Waals surface area contributed by atoms with Gasteiger partial charge in [0.25, 0.3) is 0 Å². The molecule has 1 aromatic rings. The van der Waals surface area contributed by atoms with E-state index in [9.17, 15) is 13.6 Å². The molecule has 0 amide bonds. The van der Waals surface area contributed by atoms with Crippen LogP contribution >= 0.6 is 0 Å². The quantitative estimate of drug-likeness (QED) is 0.924. The summed E-state index contributed by atoms with van der Waals surface area (Å²) in [5.74, 6) is -3.94. The zero-order valence-electron chi connectivity index (χ0n) is 11.2. The third-order valence-electron chi connectivity index (χ3n) is 3.46. The summed E-state index contributed by atoms with van der Waals surface area (Å²) in [6.45, 7) is 1.14. The van der Waals surface area contributed by atoms with Gasteiger partial charge in [-0.25, -0.2) is 13.6 Å². The summed E-state index contributed by atoms with van der Waals surface area (Å²) < 4.78 is 33.1. The van der Waals surface area contributed by atoms with Crippen LogP contribution in [0.2, 0.25) is 0 Å². The molecule has 1 N–H and O–H groups in total. The van der Waals surface area contributed by atoms with Gasteiger partial charge in [0.15, 0.2) is 11.6 Å². The van der Waals surface area contributed by atoms with Gasteiger partial charge in [-0.2, -0.15) is 0 Å². The van der Waals surface area contributed by atoms with Crippen LogP contribution in [-0.2, 0) is 4.74 Å². The second kappa shape index (κ2) is 6.17. The zero-order valence-corrected chi connectivity index (χ0v) is 11.2. The smallest absolute Gasteiger partial charge is 0.338 e. The van der Waals surface area contributed by atoms with Crippen LogP contribution in [0.4, 0.5) is 14.5 Å². The van der Waals surface area contributed by atoms with Crippen molar-refractivity contribution in [2.45, 2.75) is 25.4 Å². The number of anilines is 1. The molecule has 1 atom stereocenters. The van der Waals surface area contributed by atoms with Gasteiger partial charge in [0, 0.05) is 20.2 Å².